The zero-order valence-corrected chi connectivity index (χ0v) is 8.71. The van der Waals surface area contributed by atoms with Crippen LogP contribution in [0.15, 0.2) is 11.1 Å². The molecule has 0 radical (unpaired) electrons. The van der Waals surface area contributed by atoms with Gasteiger partial charge in [-0.1, -0.05) is 0 Å². The largest absolute Gasteiger partial charge is 0.493 e. The monoisotopic (exact) mass is 229 g/mol. The highest BCUT2D eigenvalue weighted by atomic mass is 19.2. The van der Waals surface area contributed by atoms with Gasteiger partial charge in [-0.05, 0) is 0 Å². The van der Waals surface area contributed by atoms with Gasteiger partial charge in [0.2, 0.25) is 6.08 Å². The van der Waals surface area contributed by atoms with Gasteiger partial charge in [-0.15, -0.1) is 0 Å². The summed E-state index contributed by atoms with van der Waals surface area (Å²) in [7, 11) is 2.57. The third kappa shape index (κ3) is 2.17. The Labute approximate surface area is 90.5 Å². The van der Waals surface area contributed by atoms with Crippen molar-refractivity contribution >= 4 is 6.08 Å². The predicted molar refractivity (Wildman–Crippen MR) is 51.3 cm³/mol. The summed E-state index contributed by atoms with van der Waals surface area (Å²) >= 11 is 0. The summed E-state index contributed by atoms with van der Waals surface area (Å²) in [5.41, 5.74) is -0.178. The Hall–Kier alpha value is -1.94. The topological polar surface area (TPSA) is 47.9 Å². The van der Waals surface area contributed by atoms with Gasteiger partial charge >= 0.3 is 0 Å². The van der Waals surface area contributed by atoms with Crippen LogP contribution in [0, 0.1) is 11.6 Å². The molecule has 0 N–H and O–H groups in total. The molecule has 16 heavy (non-hydrogen) atoms. The maximum atomic E-state index is 13.4. The fraction of sp³-hybridized carbons (Fsp3) is 0.300. The third-order valence-corrected chi connectivity index (χ3v) is 1.96. The summed E-state index contributed by atoms with van der Waals surface area (Å²) in [5.74, 6) is -2.15. The van der Waals surface area contributed by atoms with Crippen molar-refractivity contribution in [2.75, 3.05) is 14.2 Å². The zero-order valence-electron chi connectivity index (χ0n) is 8.71. The fourth-order valence-electron chi connectivity index (χ4n) is 1.26. The highest BCUT2D eigenvalue weighted by Crippen LogP contribution is 2.34. The number of carbonyl (C=O) groups excluding carboxylic acids is 1. The van der Waals surface area contributed by atoms with Crippen LogP contribution in [-0.2, 0) is 11.3 Å². The molecule has 0 aliphatic carbocycles. The summed E-state index contributed by atoms with van der Waals surface area (Å²) in [6, 6.07) is 0.863. The van der Waals surface area contributed by atoms with Crippen molar-refractivity contribution in [3.05, 3.63) is 23.3 Å². The Kier molecular flexibility index (Phi) is 3.96. The van der Waals surface area contributed by atoms with E-state index in [1.54, 1.807) is 0 Å². The van der Waals surface area contributed by atoms with Gasteiger partial charge < -0.3 is 9.47 Å². The minimum atomic E-state index is -1.11. The number of benzene rings is 1. The van der Waals surface area contributed by atoms with Crippen LogP contribution in [0.3, 0.4) is 0 Å². The maximum Gasteiger partial charge on any atom is 0.235 e. The smallest absolute Gasteiger partial charge is 0.235 e. The molecule has 0 bridgehead atoms. The maximum absolute atomic E-state index is 13.4. The second-order valence-electron chi connectivity index (χ2n) is 2.79. The van der Waals surface area contributed by atoms with Gasteiger partial charge in [-0.3, -0.25) is 0 Å². The van der Waals surface area contributed by atoms with Gasteiger partial charge in [0.15, 0.2) is 23.1 Å². The van der Waals surface area contributed by atoms with E-state index in [1.165, 1.54) is 20.3 Å². The molecule has 0 aliphatic heterocycles. The van der Waals surface area contributed by atoms with E-state index in [-0.39, 0.29) is 23.6 Å². The number of rotatable bonds is 4. The molecular formula is C10H9F2NO3. The van der Waals surface area contributed by atoms with Gasteiger partial charge in [-0.2, -0.15) is 0 Å². The molecule has 1 rings (SSSR count). The van der Waals surface area contributed by atoms with Gasteiger partial charge in [0, 0.05) is 6.07 Å². The van der Waals surface area contributed by atoms with Crippen molar-refractivity contribution in [3.63, 3.8) is 0 Å². The Bertz CT molecular complexity index is 442. The zero-order chi connectivity index (χ0) is 12.1. The number of hydrogen-bond acceptors (Lipinski definition) is 4. The predicted octanol–water partition coefficient (Wildman–Crippen LogP) is 1.82. The van der Waals surface area contributed by atoms with Crippen LogP contribution in [-0.4, -0.2) is 20.3 Å². The van der Waals surface area contributed by atoms with E-state index in [4.69, 9.17) is 9.47 Å². The first-order chi connectivity index (χ1) is 7.65. The third-order valence-electron chi connectivity index (χ3n) is 1.96. The Morgan fingerprint density at radius 1 is 1.38 bits per heavy atom. The number of hydrogen-bond donors (Lipinski definition) is 0. The van der Waals surface area contributed by atoms with E-state index in [9.17, 15) is 13.6 Å². The van der Waals surface area contributed by atoms with Gasteiger partial charge in [0.05, 0.1) is 26.3 Å². The van der Waals surface area contributed by atoms with E-state index in [0.29, 0.717) is 0 Å². The molecule has 0 saturated heterocycles. The summed E-state index contributed by atoms with van der Waals surface area (Å²) in [6.07, 6.45) is 1.24. The van der Waals surface area contributed by atoms with Gasteiger partial charge in [-0.25, -0.2) is 18.6 Å². The molecule has 0 spiro atoms. The standard InChI is InChI=1S/C10H9F2NO3/c1-15-8-3-7(11)9(12)6(4-13-5-14)10(8)16-2/h3H,4H2,1-2H3. The molecule has 0 heterocycles. The van der Waals surface area contributed by atoms with E-state index >= 15 is 0 Å². The number of aliphatic imine (C=N–C) groups is 1. The van der Waals surface area contributed by atoms with Crippen LogP contribution in [0.25, 0.3) is 0 Å². The van der Waals surface area contributed by atoms with Crippen molar-refractivity contribution in [1.29, 1.82) is 0 Å². The van der Waals surface area contributed by atoms with Crippen molar-refractivity contribution < 1.29 is 23.0 Å². The van der Waals surface area contributed by atoms with Crippen molar-refractivity contribution in [3.8, 4) is 11.5 Å². The first-order valence-electron chi connectivity index (χ1n) is 4.28. The average Bonchev–Trinajstić information content (AvgIpc) is 2.30. The van der Waals surface area contributed by atoms with E-state index in [0.717, 1.165) is 6.07 Å². The van der Waals surface area contributed by atoms with E-state index in [1.807, 2.05) is 0 Å². The lowest BCUT2D eigenvalue weighted by molar-refractivity contribution is 0.342. The molecule has 0 fully saturated rings. The number of nitrogens with zero attached hydrogens (tertiary/aromatic N) is 1. The van der Waals surface area contributed by atoms with Crippen molar-refractivity contribution in [2.45, 2.75) is 6.54 Å². The average molecular weight is 229 g/mol. The van der Waals surface area contributed by atoms with Gasteiger partial charge in [0.1, 0.15) is 0 Å². The molecule has 0 unspecified atom stereocenters. The minimum absolute atomic E-state index is 0.0143. The van der Waals surface area contributed by atoms with Crippen molar-refractivity contribution in [1.82, 2.24) is 0 Å². The highest BCUT2D eigenvalue weighted by molar-refractivity contribution is 5.48. The van der Waals surface area contributed by atoms with E-state index < -0.39 is 11.6 Å². The molecular weight excluding hydrogens is 220 g/mol. The summed E-state index contributed by atoms with van der Waals surface area (Å²) < 4.78 is 36.2. The quantitative estimate of drug-likeness (QED) is 0.584. The lowest BCUT2D eigenvalue weighted by Gasteiger charge is -2.12. The second kappa shape index (κ2) is 5.23. The minimum Gasteiger partial charge on any atom is -0.493 e. The Morgan fingerprint density at radius 2 is 2.06 bits per heavy atom. The summed E-state index contributed by atoms with van der Waals surface area (Å²) in [6.45, 7) is -0.355. The summed E-state index contributed by atoms with van der Waals surface area (Å²) in [4.78, 5) is 13.1. The molecule has 0 amide bonds. The Morgan fingerprint density at radius 3 is 2.56 bits per heavy atom. The summed E-state index contributed by atoms with van der Waals surface area (Å²) in [5, 5.41) is 0. The Balaban J connectivity index is 3.39. The normalized spacial score (nSPS) is 9.50. The molecule has 0 aromatic heterocycles. The molecule has 4 nitrogen and oxygen atoms in total. The van der Waals surface area contributed by atoms with Crippen LogP contribution in [0.4, 0.5) is 8.78 Å². The highest BCUT2D eigenvalue weighted by Gasteiger charge is 2.19. The second-order valence-corrected chi connectivity index (χ2v) is 2.79. The van der Waals surface area contributed by atoms with Gasteiger partial charge in [0.25, 0.3) is 0 Å². The molecule has 0 saturated carbocycles. The number of ether oxygens (including phenoxy) is 2. The molecule has 1 aromatic rings. The van der Waals surface area contributed by atoms with Crippen LogP contribution in [0.5, 0.6) is 11.5 Å². The first kappa shape index (κ1) is 12.1. The van der Waals surface area contributed by atoms with Crippen LogP contribution >= 0.6 is 0 Å². The molecule has 6 heteroatoms. The van der Waals surface area contributed by atoms with Crippen LogP contribution < -0.4 is 9.47 Å². The molecule has 86 valence electrons. The lowest BCUT2D eigenvalue weighted by atomic mass is 10.1. The number of halogens is 2. The lowest BCUT2D eigenvalue weighted by Crippen LogP contribution is -2.01. The number of methoxy groups -OCH3 is 2. The first-order valence-corrected chi connectivity index (χ1v) is 4.28. The fourth-order valence-corrected chi connectivity index (χ4v) is 1.26. The van der Waals surface area contributed by atoms with Crippen LogP contribution in [0.2, 0.25) is 0 Å². The van der Waals surface area contributed by atoms with Crippen LogP contribution in [0.1, 0.15) is 5.56 Å². The van der Waals surface area contributed by atoms with E-state index in [2.05, 4.69) is 4.99 Å². The van der Waals surface area contributed by atoms with Crippen molar-refractivity contribution in [2.24, 2.45) is 4.99 Å². The SMILES string of the molecule is COc1cc(F)c(F)c(CN=C=O)c1OC. The molecule has 1 aromatic carbocycles. The number of isocyanates is 1. The molecule has 0 atom stereocenters. The molecule has 0 aliphatic rings.